The number of nitrogens with one attached hydrogen (secondary N) is 1. The number of ketones is 1. The van der Waals surface area contributed by atoms with Crippen LogP contribution in [0.25, 0.3) is 0 Å². The first-order valence-corrected chi connectivity index (χ1v) is 9.33. The van der Waals surface area contributed by atoms with Gasteiger partial charge in [-0.25, -0.2) is 0 Å². The van der Waals surface area contributed by atoms with Gasteiger partial charge in [0.1, 0.15) is 11.9 Å². The van der Waals surface area contributed by atoms with Gasteiger partial charge in [0, 0.05) is 24.0 Å². The number of Topliss-reactive ketones (excluding diaryl/α,β-unsaturated/α-hetero) is 1. The number of hydrogen-bond donors (Lipinski definition) is 1. The second-order valence-electron chi connectivity index (χ2n) is 6.90. The highest BCUT2D eigenvalue weighted by Crippen LogP contribution is 2.34. The first kappa shape index (κ1) is 18.7. The SMILES string of the molecule is COc1ccc(CN2C(=O)c3cccnc3[C@H]2Nc2cccc(C(C)=O)c2)cc1. The van der Waals surface area contributed by atoms with Gasteiger partial charge in [-0.1, -0.05) is 24.3 Å². The Balaban J connectivity index is 1.66. The number of benzene rings is 2. The van der Waals surface area contributed by atoms with E-state index in [0.717, 1.165) is 17.0 Å². The van der Waals surface area contributed by atoms with E-state index in [0.29, 0.717) is 23.4 Å². The van der Waals surface area contributed by atoms with Crippen molar-refractivity contribution >= 4 is 17.4 Å². The zero-order valence-corrected chi connectivity index (χ0v) is 16.3. The van der Waals surface area contributed by atoms with Crippen molar-refractivity contribution in [3.63, 3.8) is 0 Å². The molecular weight excluding hydrogens is 366 g/mol. The Morgan fingerprint density at radius 3 is 2.66 bits per heavy atom. The van der Waals surface area contributed by atoms with Crippen LogP contribution in [-0.2, 0) is 6.54 Å². The van der Waals surface area contributed by atoms with Crippen LogP contribution in [0, 0.1) is 0 Å². The van der Waals surface area contributed by atoms with Crippen LogP contribution in [0.1, 0.15) is 45.1 Å². The zero-order chi connectivity index (χ0) is 20.4. The number of amides is 1. The van der Waals surface area contributed by atoms with Crippen LogP contribution >= 0.6 is 0 Å². The number of fused-ring (bicyclic) bond motifs is 1. The summed E-state index contributed by atoms with van der Waals surface area (Å²) in [6.45, 7) is 1.95. The lowest BCUT2D eigenvalue weighted by Crippen LogP contribution is -2.32. The largest absolute Gasteiger partial charge is 0.497 e. The number of anilines is 1. The molecule has 0 radical (unpaired) electrons. The van der Waals surface area contributed by atoms with Gasteiger partial charge in [-0.05, 0) is 48.9 Å². The topological polar surface area (TPSA) is 71.5 Å². The van der Waals surface area contributed by atoms with Crippen LogP contribution in [0.5, 0.6) is 5.75 Å². The third kappa shape index (κ3) is 3.69. The van der Waals surface area contributed by atoms with Gasteiger partial charge >= 0.3 is 0 Å². The summed E-state index contributed by atoms with van der Waals surface area (Å²) in [5.41, 5.74) is 3.62. The van der Waals surface area contributed by atoms with Crippen molar-refractivity contribution in [1.29, 1.82) is 0 Å². The van der Waals surface area contributed by atoms with Crippen LogP contribution in [0.4, 0.5) is 5.69 Å². The molecule has 0 fully saturated rings. The maximum atomic E-state index is 13.1. The molecule has 2 aromatic carbocycles. The normalized spacial score (nSPS) is 15.2. The summed E-state index contributed by atoms with van der Waals surface area (Å²) in [5, 5.41) is 3.38. The van der Waals surface area contributed by atoms with E-state index in [1.165, 1.54) is 6.92 Å². The van der Waals surface area contributed by atoms with Gasteiger partial charge in [0.25, 0.3) is 5.91 Å². The fraction of sp³-hybridized carbons (Fsp3) is 0.174. The number of pyridine rings is 1. The molecule has 1 atom stereocenters. The molecule has 1 N–H and O–H groups in total. The van der Waals surface area contributed by atoms with E-state index in [1.807, 2.05) is 36.4 Å². The monoisotopic (exact) mass is 387 g/mol. The summed E-state index contributed by atoms with van der Waals surface area (Å²) in [6.07, 6.45) is 1.26. The zero-order valence-electron chi connectivity index (χ0n) is 16.3. The van der Waals surface area contributed by atoms with Gasteiger partial charge in [0.2, 0.25) is 0 Å². The highest BCUT2D eigenvalue weighted by molar-refractivity contribution is 5.99. The average Bonchev–Trinajstić information content (AvgIpc) is 3.00. The Kier molecular flexibility index (Phi) is 4.99. The average molecular weight is 387 g/mol. The van der Waals surface area contributed by atoms with E-state index < -0.39 is 6.17 Å². The van der Waals surface area contributed by atoms with Crippen LogP contribution < -0.4 is 10.1 Å². The first-order valence-electron chi connectivity index (χ1n) is 9.33. The van der Waals surface area contributed by atoms with Gasteiger partial charge in [-0.3, -0.25) is 14.6 Å². The van der Waals surface area contributed by atoms with Crippen molar-refractivity contribution in [3.05, 3.63) is 89.2 Å². The smallest absolute Gasteiger partial charge is 0.258 e. The van der Waals surface area contributed by atoms with Gasteiger partial charge in [-0.2, -0.15) is 0 Å². The molecule has 0 saturated carbocycles. The van der Waals surface area contributed by atoms with Crippen LogP contribution in [-0.4, -0.2) is 28.7 Å². The molecule has 0 saturated heterocycles. The molecule has 1 aromatic heterocycles. The fourth-order valence-electron chi connectivity index (χ4n) is 3.46. The number of ether oxygens (including phenoxy) is 1. The molecule has 4 rings (SSSR count). The Morgan fingerprint density at radius 2 is 1.93 bits per heavy atom. The summed E-state index contributed by atoms with van der Waals surface area (Å²) < 4.78 is 5.21. The molecule has 29 heavy (non-hydrogen) atoms. The number of rotatable bonds is 6. The number of aromatic nitrogens is 1. The molecule has 1 aliphatic heterocycles. The standard InChI is InChI=1S/C23H21N3O3/c1-15(27)17-5-3-6-18(13-17)25-22-21-20(7-4-12-24-21)23(28)26(22)14-16-8-10-19(29-2)11-9-16/h3-13,22,25H,14H2,1-2H3/t22-/m0/s1. The van der Waals surface area contributed by atoms with Crippen molar-refractivity contribution in [2.24, 2.45) is 0 Å². The minimum atomic E-state index is -0.428. The van der Waals surface area contributed by atoms with E-state index in [-0.39, 0.29) is 11.7 Å². The molecule has 0 spiro atoms. The Labute approximate surface area is 169 Å². The quantitative estimate of drug-likeness (QED) is 0.646. The minimum absolute atomic E-state index is 0.00948. The minimum Gasteiger partial charge on any atom is -0.497 e. The maximum absolute atomic E-state index is 13.1. The first-order chi connectivity index (χ1) is 14.1. The summed E-state index contributed by atoms with van der Waals surface area (Å²) >= 11 is 0. The van der Waals surface area contributed by atoms with Crippen molar-refractivity contribution in [2.75, 3.05) is 12.4 Å². The number of hydrogen-bond acceptors (Lipinski definition) is 5. The second kappa shape index (κ2) is 7.75. The van der Waals surface area contributed by atoms with Crippen LogP contribution in [0.3, 0.4) is 0 Å². The third-order valence-electron chi connectivity index (χ3n) is 4.98. The highest BCUT2D eigenvalue weighted by Gasteiger charge is 2.37. The molecular formula is C23H21N3O3. The number of carbonyl (C=O) groups is 2. The maximum Gasteiger partial charge on any atom is 0.258 e. The Hall–Kier alpha value is -3.67. The lowest BCUT2D eigenvalue weighted by Gasteiger charge is -2.27. The van der Waals surface area contributed by atoms with E-state index in [1.54, 1.807) is 42.5 Å². The number of nitrogens with zero attached hydrogens (tertiary/aromatic N) is 2. The fourth-order valence-corrected chi connectivity index (χ4v) is 3.46. The summed E-state index contributed by atoms with van der Waals surface area (Å²) in [4.78, 5) is 31.0. The molecule has 0 unspecified atom stereocenters. The van der Waals surface area contributed by atoms with Gasteiger partial charge in [-0.15, -0.1) is 0 Å². The molecule has 146 valence electrons. The van der Waals surface area contributed by atoms with Gasteiger partial charge in [0.15, 0.2) is 5.78 Å². The Morgan fingerprint density at radius 1 is 1.14 bits per heavy atom. The molecule has 1 amide bonds. The molecule has 0 aliphatic carbocycles. The highest BCUT2D eigenvalue weighted by atomic mass is 16.5. The molecule has 0 bridgehead atoms. The van der Waals surface area contributed by atoms with E-state index in [2.05, 4.69) is 10.3 Å². The summed E-state index contributed by atoms with van der Waals surface area (Å²) in [6, 6.07) is 18.5. The van der Waals surface area contributed by atoms with Gasteiger partial charge in [0.05, 0.1) is 18.4 Å². The number of methoxy groups -OCH3 is 1. The predicted molar refractivity (Wildman–Crippen MR) is 110 cm³/mol. The van der Waals surface area contributed by atoms with E-state index >= 15 is 0 Å². The lowest BCUT2D eigenvalue weighted by molar-refractivity contribution is 0.0727. The second-order valence-corrected chi connectivity index (χ2v) is 6.90. The van der Waals surface area contributed by atoms with E-state index in [4.69, 9.17) is 4.74 Å². The molecule has 3 aromatic rings. The number of carbonyl (C=O) groups excluding carboxylic acids is 2. The molecule has 6 nitrogen and oxygen atoms in total. The van der Waals surface area contributed by atoms with Crippen molar-refractivity contribution < 1.29 is 14.3 Å². The van der Waals surface area contributed by atoms with Crippen molar-refractivity contribution in [1.82, 2.24) is 9.88 Å². The summed E-state index contributed by atoms with van der Waals surface area (Å²) in [7, 11) is 1.62. The predicted octanol–water partition coefficient (Wildman–Crippen LogP) is 4.06. The molecule has 2 heterocycles. The van der Waals surface area contributed by atoms with Crippen LogP contribution in [0.15, 0.2) is 66.9 Å². The van der Waals surface area contributed by atoms with Crippen LogP contribution in [0.2, 0.25) is 0 Å². The summed E-state index contributed by atoms with van der Waals surface area (Å²) in [5.74, 6) is 0.677. The Bertz CT molecular complexity index is 1060. The lowest BCUT2D eigenvalue weighted by atomic mass is 10.1. The molecule has 6 heteroatoms. The third-order valence-corrected chi connectivity index (χ3v) is 4.98. The van der Waals surface area contributed by atoms with Crippen molar-refractivity contribution in [3.8, 4) is 5.75 Å². The van der Waals surface area contributed by atoms with Gasteiger partial charge < -0.3 is 15.0 Å². The van der Waals surface area contributed by atoms with Crippen molar-refractivity contribution in [2.45, 2.75) is 19.6 Å². The van der Waals surface area contributed by atoms with E-state index in [9.17, 15) is 9.59 Å². The molecule has 1 aliphatic rings.